The van der Waals surface area contributed by atoms with Crippen LogP contribution in [-0.2, 0) is 0 Å². The molecule has 2 atom stereocenters. The van der Waals surface area contributed by atoms with Crippen molar-refractivity contribution in [3.8, 4) is 0 Å². The van der Waals surface area contributed by atoms with Gasteiger partial charge in [0.05, 0.1) is 0 Å². The minimum Gasteiger partial charge on any atom is -0.298 e. The minimum atomic E-state index is 0.270. The summed E-state index contributed by atoms with van der Waals surface area (Å²) in [7, 11) is 0. The van der Waals surface area contributed by atoms with Gasteiger partial charge >= 0.3 is 0 Å². The van der Waals surface area contributed by atoms with Crippen LogP contribution in [0.2, 0.25) is 0 Å². The second kappa shape index (κ2) is 3.61. The molecule has 3 heteroatoms. The number of rotatable bonds is 1. The SMILES string of the molecule is O=Cc1cccc2c1C1CCC2C1=C(Cl)Cl. The third-order valence-corrected chi connectivity index (χ3v) is 4.17. The van der Waals surface area contributed by atoms with Crippen molar-refractivity contribution in [3.05, 3.63) is 45.0 Å². The van der Waals surface area contributed by atoms with Gasteiger partial charge in [-0.1, -0.05) is 41.4 Å². The van der Waals surface area contributed by atoms with Crippen molar-refractivity contribution >= 4 is 29.5 Å². The summed E-state index contributed by atoms with van der Waals surface area (Å²) in [5.41, 5.74) is 4.31. The number of hydrogen-bond donors (Lipinski definition) is 0. The molecule has 1 aromatic rings. The van der Waals surface area contributed by atoms with Crippen molar-refractivity contribution < 1.29 is 4.79 Å². The van der Waals surface area contributed by atoms with Gasteiger partial charge in [0, 0.05) is 17.4 Å². The minimum absolute atomic E-state index is 0.270. The standard InChI is InChI=1S/C13H10Cl2O/c14-13(15)12-9-4-5-10(12)11-7(6-16)2-1-3-8(9)11/h1-3,6,9-10H,4-5H2. The predicted molar refractivity (Wildman–Crippen MR) is 65.3 cm³/mol. The Morgan fingerprint density at radius 1 is 1.25 bits per heavy atom. The zero-order valence-electron chi connectivity index (χ0n) is 8.54. The van der Waals surface area contributed by atoms with Gasteiger partial charge in [0.1, 0.15) is 10.8 Å². The summed E-state index contributed by atoms with van der Waals surface area (Å²) >= 11 is 11.9. The second-order valence-corrected chi connectivity index (χ2v) is 5.32. The maximum absolute atomic E-state index is 11.0. The first-order valence-electron chi connectivity index (χ1n) is 5.37. The molecular formula is C13H10Cl2O. The molecule has 0 spiro atoms. The summed E-state index contributed by atoms with van der Waals surface area (Å²) in [5.74, 6) is 0.608. The van der Waals surface area contributed by atoms with Gasteiger partial charge in [-0.2, -0.15) is 0 Å². The van der Waals surface area contributed by atoms with Crippen molar-refractivity contribution in [2.45, 2.75) is 24.7 Å². The molecule has 2 unspecified atom stereocenters. The molecule has 2 aliphatic carbocycles. The van der Waals surface area contributed by atoms with Crippen LogP contribution in [0.1, 0.15) is 46.2 Å². The average molecular weight is 253 g/mol. The van der Waals surface area contributed by atoms with Crippen LogP contribution < -0.4 is 0 Å². The fourth-order valence-electron chi connectivity index (χ4n) is 3.18. The third-order valence-electron chi connectivity index (χ3n) is 3.74. The van der Waals surface area contributed by atoms with E-state index in [-0.39, 0.29) is 5.92 Å². The zero-order valence-corrected chi connectivity index (χ0v) is 10.1. The van der Waals surface area contributed by atoms with Crippen molar-refractivity contribution in [2.75, 3.05) is 0 Å². The first-order chi connectivity index (χ1) is 7.74. The summed E-state index contributed by atoms with van der Waals surface area (Å²) in [6.45, 7) is 0. The van der Waals surface area contributed by atoms with Gasteiger partial charge < -0.3 is 0 Å². The maximum atomic E-state index is 11.0. The van der Waals surface area contributed by atoms with Crippen LogP contribution >= 0.6 is 23.2 Å². The van der Waals surface area contributed by atoms with E-state index >= 15 is 0 Å². The van der Waals surface area contributed by atoms with Crippen LogP contribution in [0.3, 0.4) is 0 Å². The number of carbonyl (C=O) groups is 1. The van der Waals surface area contributed by atoms with Gasteiger partial charge in [-0.05, 0) is 29.5 Å². The van der Waals surface area contributed by atoms with Crippen LogP contribution in [0.15, 0.2) is 28.3 Å². The summed E-state index contributed by atoms with van der Waals surface area (Å²) in [6, 6.07) is 5.89. The van der Waals surface area contributed by atoms with E-state index in [0.29, 0.717) is 10.4 Å². The highest BCUT2D eigenvalue weighted by atomic mass is 35.5. The largest absolute Gasteiger partial charge is 0.298 e. The molecule has 16 heavy (non-hydrogen) atoms. The van der Waals surface area contributed by atoms with E-state index in [4.69, 9.17) is 23.2 Å². The van der Waals surface area contributed by atoms with Gasteiger partial charge in [-0.25, -0.2) is 0 Å². The Morgan fingerprint density at radius 3 is 2.69 bits per heavy atom. The lowest BCUT2D eigenvalue weighted by Crippen LogP contribution is -2.01. The van der Waals surface area contributed by atoms with Crippen molar-refractivity contribution in [1.82, 2.24) is 0 Å². The van der Waals surface area contributed by atoms with E-state index in [0.717, 1.165) is 35.8 Å². The molecule has 0 aromatic heterocycles. The molecule has 1 fully saturated rings. The number of hydrogen-bond acceptors (Lipinski definition) is 1. The molecule has 1 nitrogen and oxygen atoms in total. The fourth-order valence-corrected chi connectivity index (χ4v) is 3.71. The first-order valence-corrected chi connectivity index (χ1v) is 6.12. The van der Waals surface area contributed by atoms with Gasteiger partial charge in [0.25, 0.3) is 0 Å². The van der Waals surface area contributed by atoms with Crippen LogP contribution in [0.4, 0.5) is 0 Å². The smallest absolute Gasteiger partial charge is 0.150 e. The zero-order chi connectivity index (χ0) is 11.3. The molecule has 82 valence electrons. The molecule has 0 N–H and O–H groups in total. The van der Waals surface area contributed by atoms with Crippen LogP contribution in [0, 0.1) is 0 Å². The summed E-state index contributed by atoms with van der Waals surface area (Å²) < 4.78 is 0.389. The fraction of sp³-hybridized carbons (Fsp3) is 0.308. The van der Waals surface area contributed by atoms with E-state index in [1.54, 1.807) is 0 Å². The van der Waals surface area contributed by atoms with E-state index in [9.17, 15) is 4.79 Å². The molecule has 0 heterocycles. The molecule has 0 amide bonds. The number of allylic oxidation sites excluding steroid dienone is 1. The van der Waals surface area contributed by atoms with Crippen LogP contribution in [-0.4, -0.2) is 6.29 Å². The van der Waals surface area contributed by atoms with Gasteiger partial charge in [-0.3, -0.25) is 4.79 Å². The molecule has 0 aliphatic heterocycles. The number of carbonyl (C=O) groups excluding carboxylic acids is 1. The summed E-state index contributed by atoms with van der Waals surface area (Å²) in [6.07, 6.45) is 3.08. The Kier molecular flexibility index (Phi) is 2.34. The predicted octanol–water partition coefficient (Wildman–Crippen LogP) is 4.16. The highest BCUT2D eigenvalue weighted by Crippen LogP contribution is 2.59. The number of aldehydes is 1. The van der Waals surface area contributed by atoms with Crippen molar-refractivity contribution in [1.29, 1.82) is 0 Å². The average Bonchev–Trinajstić information content (AvgIpc) is 2.84. The van der Waals surface area contributed by atoms with E-state index in [1.807, 2.05) is 12.1 Å². The van der Waals surface area contributed by atoms with Crippen LogP contribution in [0.25, 0.3) is 0 Å². The van der Waals surface area contributed by atoms with E-state index < -0.39 is 0 Å². The van der Waals surface area contributed by atoms with Gasteiger partial charge in [-0.15, -0.1) is 0 Å². The molecular weight excluding hydrogens is 243 g/mol. The van der Waals surface area contributed by atoms with E-state index in [1.165, 1.54) is 5.56 Å². The molecule has 2 bridgehead atoms. The third kappa shape index (κ3) is 1.22. The number of fused-ring (bicyclic) bond motifs is 5. The second-order valence-electron chi connectivity index (χ2n) is 4.37. The number of benzene rings is 1. The first kappa shape index (κ1) is 10.4. The lowest BCUT2D eigenvalue weighted by molar-refractivity contribution is 0.112. The highest BCUT2D eigenvalue weighted by molar-refractivity contribution is 6.56. The van der Waals surface area contributed by atoms with Crippen molar-refractivity contribution in [3.63, 3.8) is 0 Å². The van der Waals surface area contributed by atoms with Gasteiger partial charge in [0.2, 0.25) is 0 Å². The Labute approximate surface area is 104 Å². The molecule has 2 aliphatic rings. The Bertz CT molecular complexity index is 501. The van der Waals surface area contributed by atoms with Crippen LogP contribution in [0.5, 0.6) is 0 Å². The highest BCUT2D eigenvalue weighted by Gasteiger charge is 2.43. The lowest BCUT2D eigenvalue weighted by atomic mass is 9.89. The monoisotopic (exact) mass is 252 g/mol. The Hall–Kier alpha value is -0.790. The van der Waals surface area contributed by atoms with Gasteiger partial charge in [0.15, 0.2) is 0 Å². The summed E-state index contributed by atoms with van der Waals surface area (Å²) in [4.78, 5) is 11.0. The summed E-state index contributed by atoms with van der Waals surface area (Å²) in [5, 5.41) is 0. The van der Waals surface area contributed by atoms with Crippen molar-refractivity contribution in [2.24, 2.45) is 0 Å². The topological polar surface area (TPSA) is 17.1 Å². The Balaban J connectivity index is 2.26. The normalized spacial score (nSPS) is 25.8. The Morgan fingerprint density at radius 2 is 2.00 bits per heavy atom. The maximum Gasteiger partial charge on any atom is 0.150 e. The molecule has 0 saturated heterocycles. The molecule has 1 aromatic carbocycles. The molecule has 1 saturated carbocycles. The molecule has 0 radical (unpaired) electrons. The quantitative estimate of drug-likeness (QED) is 0.686. The number of halogens is 2. The van der Waals surface area contributed by atoms with E-state index in [2.05, 4.69) is 6.07 Å². The lowest BCUT2D eigenvalue weighted by Gasteiger charge is -2.15. The molecule has 3 rings (SSSR count).